The molecule has 0 fully saturated rings. The van der Waals surface area contributed by atoms with Crippen LogP contribution in [-0.2, 0) is 14.4 Å². The van der Waals surface area contributed by atoms with Gasteiger partial charge in [-0.05, 0) is 29.8 Å². The Hall–Kier alpha value is -3.58. The van der Waals surface area contributed by atoms with Crippen LogP contribution in [0.25, 0.3) is 0 Å². The molecule has 3 aromatic rings. The summed E-state index contributed by atoms with van der Waals surface area (Å²) in [6.07, 6.45) is 0.0900. The Kier molecular flexibility index (Phi) is 6.87. The highest BCUT2D eigenvalue weighted by molar-refractivity contribution is 8.00. The second-order valence-corrected chi connectivity index (χ2v) is 8.34. The van der Waals surface area contributed by atoms with E-state index in [1.165, 1.54) is 11.8 Å². The van der Waals surface area contributed by atoms with Gasteiger partial charge in [-0.2, -0.15) is 0 Å². The third kappa shape index (κ3) is 5.18. The van der Waals surface area contributed by atoms with Crippen LogP contribution < -0.4 is 15.5 Å². The molecule has 0 saturated carbocycles. The molecule has 0 bridgehead atoms. The summed E-state index contributed by atoms with van der Waals surface area (Å²) in [5.41, 5.74) is 2.16. The number of amides is 3. The highest BCUT2D eigenvalue weighted by Crippen LogP contribution is 2.34. The zero-order valence-electron chi connectivity index (χ0n) is 17.4. The minimum absolute atomic E-state index is 0.0251. The number of nitrogens with one attached hydrogen (secondary N) is 2. The van der Waals surface area contributed by atoms with Gasteiger partial charge >= 0.3 is 0 Å². The van der Waals surface area contributed by atoms with Gasteiger partial charge in [0.1, 0.15) is 6.04 Å². The average molecular weight is 446 g/mol. The molecule has 4 rings (SSSR count). The van der Waals surface area contributed by atoms with Crippen LogP contribution in [0.4, 0.5) is 11.4 Å². The Labute approximate surface area is 191 Å². The molecule has 1 aliphatic heterocycles. The molecule has 0 radical (unpaired) electrons. The number of thioether (sulfide) groups is 1. The van der Waals surface area contributed by atoms with E-state index in [-0.39, 0.29) is 30.7 Å². The van der Waals surface area contributed by atoms with Gasteiger partial charge in [0.05, 0.1) is 11.4 Å². The predicted octanol–water partition coefficient (Wildman–Crippen LogP) is 4.01. The van der Waals surface area contributed by atoms with Gasteiger partial charge in [0.25, 0.3) is 5.91 Å². The quantitative estimate of drug-likeness (QED) is 0.576. The summed E-state index contributed by atoms with van der Waals surface area (Å²) in [5, 5.41) is 5.69. The van der Waals surface area contributed by atoms with Gasteiger partial charge in [-0.3, -0.25) is 14.4 Å². The van der Waals surface area contributed by atoms with Crippen LogP contribution >= 0.6 is 11.8 Å². The van der Waals surface area contributed by atoms with Crippen molar-refractivity contribution in [2.45, 2.75) is 17.4 Å². The van der Waals surface area contributed by atoms with E-state index >= 15 is 0 Å². The van der Waals surface area contributed by atoms with Crippen LogP contribution in [0.5, 0.6) is 0 Å². The summed E-state index contributed by atoms with van der Waals surface area (Å²) in [4.78, 5) is 40.9. The summed E-state index contributed by atoms with van der Waals surface area (Å²) in [6.45, 7) is 0.254. The van der Waals surface area contributed by atoms with Crippen molar-refractivity contribution in [1.29, 1.82) is 0 Å². The topological polar surface area (TPSA) is 78.5 Å². The fourth-order valence-corrected chi connectivity index (χ4v) is 4.46. The highest BCUT2D eigenvalue weighted by Gasteiger charge is 2.26. The number of para-hydroxylation sites is 2. The normalized spacial score (nSPS) is 13.8. The number of hydrogen-bond acceptors (Lipinski definition) is 4. The third-order valence-corrected chi connectivity index (χ3v) is 6.16. The summed E-state index contributed by atoms with van der Waals surface area (Å²) in [5.74, 6) is -0.301. The van der Waals surface area contributed by atoms with Crippen molar-refractivity contribution in [1.82, 2.24) is 5.32 Å². The predicted molar refractivity (Wildman–Crippen MR) is 127 cm³/mol. The maximum atomic E-state index is 13.0. The Morgan fingerprint density at radius 3 is 2.31 bits per heavy atom. The van der Waals surface area contributed by atoms with E-state index in [1.807, 2.05) is 60.7 Å². The van der Waals surface area contributed by atoms with Crippen molar-refractivity contribution in [2.75, 3.05) is 22.5 Å². The van der Waals surface area contributed by atoms with Crippen LogP contribution in [0, 0.1) is 0 Å². The van der Waals surface area contributed by atoms with Crippen molar-refractivity contribution in [2.24, 2.45) is 0 Å². The second kappa shape index (κ2) is 10.2. The molecular weight excluding hydrogens is 422 g/mol. The molecule has 0 unspecified atom stereocenters. The van der Waals surface area contributed by atoms with Gasteiger partial charge in [0, 0.05) is 23.5 Å². The average Bonchev–Trinajstić information content (AvgIpc) is 2.83. The monoisotopic (exact) mass is 445 g/mol. The maximum absolute atomic E-state index is 13.0. The number of benzene rings is 3. The summed E-state index contributed by atoms with van der Waals surface area (Å²) in [7, 11) is 0. The molecule has 1 atom stereocenters. The zero-order chi connectivity index (χ0) is 22.3. The van der Waals surface area contributed by atoms with Gasteiger partial charge in [0.15, 0.2) is 0 Å². The highest BCUT2D eigenvalue weighted by atomic mass is 32.2. The van der Waals surface area contributed by atoms with Gasteiger partial charge in [-0.1, -0.05) is 60.7 Å². The second-order valence-electron chi connectivity index (χ2n) is 7.32. The van der Waals surface area contributed by atoms with Crippen molar-refractivity contribution in [3.05, 3.63) is 90.5 Å². The SMILES string of the molecule is O=C(CCN1C(=O)CSc2ccccc21)N[C@H](C(=O)Nc1ccccc1)c1ccccc1. The van der Waals surface area contributed by atoms with E-state index < -0.39 is 6.04 Å². The number of rotatable bonds is 7. The third-order valence-electron chi connectivity index (χ3n) is 5.11. The minimum atomic E-state index is -0.844. The van der Waals surface area contributed by atoms with Crippen LogP contribution in [0.3, 0.4) is 0 Å². The van der Waals surface area contributed by atoms with Gasteiger partial charge < -0.3 is 15.5 Å². The van der Waals surface area contributed by atoms with Crippen molar-refractivity contribution < 1.29 is 14.4 Å². The molecule has 162 valence electrons. The standard InChI is InChI=1S/C25H23N3O3S/c29-22(15-16-28-20-13-7-8-14-21(20)32-17-23(28)30)27-24(18-9-3-1-4-10-18)25(31)26-19-11-5-2-6-12-19/h1-14,24H,15-17H2,(H,26,31)(H,27,29)/t24-/m0/s1. The number of fused-ring (bicyclic) bond motifs is 1. The molecular formula is C25H23N3O3S. The number of carbonyl (C=O) groups is 3. The smallest absolute Gasteiger partial charge is 0.251 e. The lowest BCUT2D eigenvalue weighted by Gasteiger charge is -2.29. The fourth-order valence-electron chi connectivity index (χ4n) is 3.53. The number of anilines is 2. The lowest BCUT2D eigenvalue weighted by atomic mass is 10.1. The molecule has 1 aliphatic rings. The Balaban J connectivity index is 1.45. The van der Waals surface area contributed by atoms with Crippen LogP contribution in [0.1, 0.15) is 18.0 Å². The van der Waals surface area contributed by atoms with E-state index in [4.69, 9.17) is 0 Å². The van der Waals surface area contributed by atoms with Gasteiger partial charge in [0.2, 0.25) is 11.8 Å². The molecule has 0 aliphatic carbocycles. The number of carbonyl (C=O) groups excluding carboxylic acids is 3. The van der Waals surface area contributed by atoms with E-state index in [2.05, 4.69) is 10.6 Å². The molecule has 0 saturated heterocycles. The fraction of sp³-hybridized carbons (Fsp3) is 0.160. The molecule has 1 heterocycles. The number of hydrogen-bond donors (Lipinski definition) is 2. The Morgan fingerprint density at radius 1 is 0.906 bits per heavy atom. The maximum Gasteiger partial charge on any atom is 0.251 e. The van der Waals surface area contributed by atoms with Crippen LogP contribution in [0.15, 0.2) is 89.8 Å². The largest absolute Gasteiger partial charge is 0.340 e. The van der Waals surface area contributed by atoms with Crippen LogP contribution in [-0.4, -0.2) is 30.0 Å². The first kappa shape index (κ1) is 21.6. The molecule has 0 spiro atoms. The van der Waals surface area contributed by atoms with E-state index in [0.717, 1.165) is 10.6 Å². The molecule has 2 N–H and O–H groups in total. The van der Waals surface area contributed by atoms with Crippen LogP contribution in [0.2, 0.25) is 0 Å². The van der Waals surface area contributed by atoms with E-state index in [0.29, 0.717) is 17.0 Å². The summed E-state index contributed by atoms with van der Waals surface area (Å²) < 4.78 is 0. The molecule has 3 amide bonds. The first-order valence-corrected chi connectivity index (χ1v) is 11.3. The minimum Gasteiger partial charge on any atom is -0.340 e. The van der Waals surface area contributed by atoms with Gasteiger partial charge in [-0.25, -0.2) is 0 Å². The lowest BCUT2D eigenvalue weighted by molar-refractivity contribution is -0.126. The lowest BCUT2D eigenvalue weighted by Crippen LogP contribution is -2.41. The molecule has 0 aromatic heterocycles. The molecule has 3 aromatic carbocycles. The first-order chi connectivity index (χ1) is 15.6. The number of nitrogens with zero attached hydrogens (tertiary/aromatic N) is 1. The summed E-state index contributed by atoms with van der Waals surface area (Å²) in [6, 6.07) is 25.0. The Morgan fingerprint density at radius 2 is 1.56 bits per heavy atom. The van der Waals surface area contributed by atoms with E-state index in [1.54, 1.807) is 29.2 Å². The first-order valence-electron chi connectivity index (χ1n) is 10.3. The Bertz CT molecular complexity index is 1110. The van der Waals surface area contributed by atoms with Gasteiger partial charge in [-0.15, -0.1) is 11.8 Å². The van der Waals surface area contributed by atoms with Crippen molar-refractivity contribution in [3.8, 4) is 0 Å². The molecule has 7 heteroatoms. The molecule has 32 heavy (non-hydrogen) atoms. The summed E-state index contributed by atoms with van der Waals surface area (Å²) >= 11 is 1.50. The molecule has 6 nitrogen and oxygen atoms in total. The zero-order valence-corrected chi connectivity index (χ0v) is 18.2. The van der Waals surface area contributed by atoms with Crippen molar-refractivity contribution in [3.63, 3.8) is 0 Å². The van der Waals surface area contributed by atoms with Crippen molar-refractivity contribution >= 4 is 40.9 Å². The van der Waals surface area contributed by atoms with E-state index in [9.17, 15) is 14.4 Å².